The zero-order valence-corrected chi connectivity index (χ0v) is 14.9. The van der Waals surface area contributed by atoms with Gasteiger partial charge in [-0.15, -0.1) is 0 Å². The van der Waals surface area contributed by atoms with E-state index in [4.69, 9.17) is 9.15 Å². The van der Waals surface area contributed by atoms with Gasteiger partial charge in [0.15, 0.2) is 5.76 Å². The molecule has 1 aromatic rings. The highest BCUT2D eigenvalue weighted by Crippen LogP contribution is 2.32. The predicted molar refractivity (Wildman–Crippen MR) is 95.7 cm³/mol. The molecule has 0 bridgehead atoms. The maximum Gasteiger partial charge on any atom is 0.209 e. The van der Waals surface area contributed by atoms with Gasteiger partial charge in [0, 0.05) is 17.0 Å². The minimum atomic E-state index is 0.0164. The number of hydrogen-bond acceptors (Lipinski definition) is 3. The molecule has 1 heterocycles. The van der Waals surface area contributed by atoms with Gasteiger partial charge >= 0.3 is 0 Å². The van der Waals surface area contributed by atoms with Crippen LogP contribution in [-0.4, -0.2) is 6.61 Å². The number of halogens is 2. The monoisotopic (exact) mass is 492 g/mol. The molecule has 0 saturated heterocycles. The van der Waals surface area contributed by atoms with E-state index in [9.17, 15) is 4.79 Å². The first-order valence-electron chi connectivity index (χ1n) is 6.08. The number of rotatable bonds is 2. The molecule has 0 spiro atoms. The molecule has 0 unspecified atom stereocenters. The molecule has 3 nitrogen and oxygen atoms in total. The summed E-state index contributed by atoms with van der Waals surface area (Å²) in [6.07, 6.45) is 0. The summed E-state index contributed by atoms with van der Waals surface area (Å²) in [7, 11) is 0. The Hall–Kier alpha value is -0.830. The fraction of sp³-hybridized carbons (Fsp3) is 0.133. The maximum atomic E-state index is 12.0. The Balaban J connectivity index is 2.33. The van der Waals surface area contributed by atoms with E-state index in [1.807, 2.05) is 59.8 Å². The van der Waals surface area contributed by atoms with Crippen LogP contribution in [-0.2, 0) is 0 Å². The zero-order chi connectivity index (χ0) is 14.3. The lowest BCUT2D eigenvalue weighted by Gasteiger charge is -2.10. The zero-order valence-electron chi connectivity index (χ0n) is 10.6. The maximum absolute atomic E-state index is 12.0. The van der Waals surface area contributed by atoms with E-state index < -0.39 is 0 Å². The second kappa shape index (κ2) is 5.51. The first-order valence-corrected chi connectivity index (χ1v) is 8.24. The molecule has 0 saturated carbocycles. The van der Waals surface area contributed by atoms with Crippen molar-refractivity contribution in [1.29, 1.82) is 0 Å². The molecule has 1 aliphatic heterocycles. The highest BCUT2D eigenvalue weighted by molar-refractivity contribution is 14.1. The third-order valence-electron chi connectivity index (χ3n) is 2.98. The van der Waals surface area contributed by atoms with E-state index in [1.54, 1.807) is 0 Å². The molecule has 1 aromatic carbocycles. The second-order valence-corrected chi connectivity index (χ2v) is 6.54. The molecular weight excluding hydrogens is 482 g/mol. The molecule has 0 N–H and O–H groups in total. The van der Waals surface area contributed by atoms with Crippen molar-refractivity contribution in [3.63, 3.8) is 0 Å². The van der Waals surface area contributed by atoms with E-state index in [-0.39, 0.29) is 5.43 Å². The summed E-state index contributed by atoms with van der Waals surface area (Å²) in [6.45, 7) is 2.55. The van der Waals surface area contributed by atoms with Crippen molar-refractivity contribution in [3.05, 3.63) is 47.7 Å². The lowest BCUT2D eigenvalue weighted by molar-refractivity contribution is 0.340. The fourth-order valence-electron chi connectivity index (χ4n) is 2.07. The number of hydrogen-bond donors (Lipinski definition) is 0. The van der Waals surface area contributed by atoms with Crippen LogP contribution in [0.25, 0.3) is 22.3 Å². The van der Waals surface area contributed by atoms with E-state index in [2.05, 4.69) is 22.6 Å². The number of ether oxygens (including phenoxy) is 1. The Morgan fingerprint density at radius 1 is 1.20 bits per heavy atom. The summed E-state index contributed by atoms with van der Waals surface area (Å²) >= 11 is 4.10. The molecule has 0 radical (unpaired) electrons. The first-order chi connectivity index (χ1) is 9.60. The Morgan fingerprint density at radius 3 is 2.75 bits per heavy atom. The lowest BCUT2D eigenvalue weighted by atomic mass is 10.1. The van der Waals surface area contributed by atoms with E-state index in [0.29, 0.717) is 19.5 Å². The molecule has 2 aliphatic rings. The van der Waals surface area contributed by atoms with Crippen molar-refractivity contribution in [3.8, 4) is 17.1 Å². The van der Waals surface area contributed by atoms with E-state index in [1.165, 1.54) is 0 Å². The minimum absolute atomic E-state index is 0.0164. The average Bonchev–Trinajstić information content (AvgIpc) is 2.44. The van der Waals surface area contributed by atoms with Gasteiger partial charge in [-0.2, -0.15) is 0 Å². The molecule has 3 rings (SSSR count). The molecule has 0 aromatic heterocycles. The van der Waals surface area contributed by atoms with Crippen molar-refractivity contribution in [2.24, 2.45) is 0 Å². The van der Waals surface area contributed by atoms with Crippen molar-refractivity contribution < 1.29 is 9.15 Å². The quantitative estimate of drug-likeness (QED) is 0.391. The van der Waals surface area contributed by atoms with Gasteiger partial charge in [-0.25, -0.2) is 0 Å². The molecule has 1 aliphatic carbocycles. The molecule has 20 heavy (non-hydrogen) atoms. The molecule has 0 atom stereocenters. The van der Waals surface area contributed by atoms with E-state index in [0.717, 1.165) is 22.3 Å². The number of fused-ring (bicyclic) bond motifs is 2. The van der Waals surface area contributed by atoms with E-state index >= 15 is 0 Å². The molecule has 0 fully saturated rings. The Morgan fingerprint density at radius 2 is 2.00 bits per heavy atom. The van der Waals surface area contributed by atoms with Crippen LogP contribution in [0.3, 0.4) is 0 Å². The summed E-state index contributed by atoms with van der Waals surface area (Å²) in [5.41, 5.74) is 1.68. The van der Waals surface area contributed by atoms with Crippen LogP contribution < -0.4 is 10.2 Å². The van der Waals surface area contributed by atoms with Gasteiger partial charge < -0.3 is 9.15 Å². The summed E-state index contributed by atoms with van der Waals surface area (Å²) in [5.74, 6) is 1.41. The number of benzene rings is 2. The largest absolute Gasteiger partial charge is 0.494 e. The van der Waals surface area contributed by atoms with Crippen molar-refractivity contribution in [2.75, 3.05) is 6.61 Å². The van der Waals surface area contributed by atoms with Crippen LogP contribution in [0, 0.1) is 7.14 Å². The van der Waals surface area contributed by atoms with Gasteiger partial charge in [-0.3, -0.25) is 4.79 Å². The molecule has 0 amide bonds. The first kappa shape index (κ1) is 14.1. The average molecular weight is 492 g/mol. The fourth-order valence-corrected chi connectivity index (χ4v) is 3.90. The summed E-state index contributed by atoms with van der Waals surface area (Å²) < 4.78 is 12.7. The summed E-state index contributed by atoms with van der Waals surface area (Å²) in [6, 6.07) is 9.64. The van der Waals surface area contributed by atoms with Gasteiger partial charge in [0.05, 0.1) is 10.2 Å². The lowest BCUT2D eigenvalue weighted by Crippen LogP contribution is -2.11. The van der Waals surface area contributed by atoms with Gasteiger partial charge in [0.2, 0.25) is 5.43 Å². The SMILES string of the molecule is CCOc1ccc2cc3cc(I)c(=O)c(I)c-3oc2c1. The van der Waals surface area contributed by atoms with Crippen LogP contribution >= 0.6 is 45.2 Å². The van der Waals surface area contributed by atoms with Gasteiger partial charge in [-0.1, -0.05) is 0 Å². The van der Waals surface area contributed by atoms with Crippen LogP contribution in [0.1, 0.15) is 6.92 Å². The third kappa shape index (κ3) is 2.41. The van der Waals surface area contributed by atoms with Crippen LogP contribution in [0.2, 0.25) is 0 Å². The molecule has 102 valence electrons. The molecule has 5 heteroatoms. The van der Waals surface area contributed by atoms with Gasteiger partial charge in [-0.05, 0) is 76.4 Å². The van der Waals surface area contributed by atoms with Crippen LogP contribution in [0.5, 0.6) is 5.75 Å². The van der Waals surface area contributed by atoms with Crippen molar-refractivity contribution in [1.82, 2.24) is 0 Å². The Bertz CT molecular complexity index is 823. The third-order valence-corrected chi connectivity index (χ3v) is 4.76. The highest BCUT2D eigenvalue weighted by atomic mass is 127. The van der Waals surface area contributed by atoms with Crippen molar-refractivity contribution >= 4 is 56.2 Å². The van der Waals surface area contributed by atoms with Gasteiger partial charge in [0.1, 0.15) is 14.9 Å². The minimum Gasteiger partial charge on any atom is -0.494 e. The Labute approximate surface area is 142 Å². The Kier molecular flexibility index (Phi) is 3.89. The standard InChI is InChI=1S/C15H10I2O3/c1-2-19-10-4-3-8-5-9-6-11(16)14(18)13(17)15(9)20-12(8)7-10/h3-7H,2H2,1H3. The summed E-state index contributed by atoms with van der Waals surface area (Å²) in [4.78, 5) is 12.0. The van der Waals surface area contributed by atoms with Gasteiger partial charge in [0.25, 0.3) is 0 Å². The highest BCUT2D eigenvalue weighted by Gasteiger charge is 2.16. The summed E-state index contributed by atoms with van der Waals surface area (Å²) in [5, 5.41) is 0.992. The van der Waals surface area contributed by atoms with Crippen LogP contribution in [0.4, 0.5) is 0 Å². The normalized spacial score (nSPS) is 11.2. The smallest absolute Gasteiger partial charge is 0.209 e. The topological polar surface area (TPSA) is 39.4 Å². The van der Waals surface area contributed by atoms with Crippen molar-refractivity contribution in [2.45, 2.75) is 6.92 Å². The predicted octanol–water partition coefficient (Wildman–Crippen LogP) is 4.51. The van der Waals surface area contributed by atoms with Crippen LogP contribution in [0.15, 0.2) is 39.5 Å². The molecular formula is C15H10I2O3. The second-order valence-electron chi connectivity index (χ2n) is 4.30.